The summed E-state index contributed by atoms with van der Waals surface area (Å²) in [5.74, 6) is 0. The van der Waals surface area contributed by atoms with Gasteiger partial charge in [-0.3, -0.25) is 14.8 Å². The molecule has 2 N–H and O–H groups in total. The van der Waals surface area contributed by atoms with Crippen LogP contribution in [0.2, 0.25) is 0 Å². The van der Waals surface area contributed by atoms with Crippen molar-refractivity contribution in [3.05, 3.63) is 21.6 Å². The van der Waals surface area contributed by atoms with E-state index in [0.29, 0.717) is 12.1 Å². The number of aromatic amines is 2. The molecule has 0 saturated heterocycles. The average Bonchev–Trinajstić information content (AvgIpc) is 2.66. The highest BCUT2D eigenvalue weighted by atomic mass is 16.6. The number of H-pyrrole nitrogens is 2. The lowest BCUT2D eigenvalue weighted by molar-refractivity contribution is 0.0184. The number of fused-ring (bicyclic) bond motifs is 1. The van der Waals surface area contributed by atoms with Crippen molar-refractivity contribution in [1.82, 2.24) is 15.1 Å². The molecule has 1 aromatic rings. The lowest BCUT2D eigenvalue weighted by Crippen LogP contribution is -2.35. The molecule has 1 atom stereocenters. The number of aromatic nitrogens is 2. The topological polar surface area (TPSA) is 78.2 Å². The van der Waals surface area contributed by atoms with Gasteiger partial charge >= 0.3 is 6.09 Å². The SMILES string of the molecule is CC1c2c([nH][nH]c2=O)CN1C(=O)OC(C)(C)C. The molecule has 1 aliphatic rings. The average molecular weight is 239 g/mol. The minimum Gasteiger partial charge on any atom is -0.444 e. The van der Waals surface area contributed by atoms with Gasteiger partial charge in [-0.05, 0) is 27.7 Å². The number of hydrogen-bond donors (Lipinski definition) is 2. The van der Waals surface area contributed by atoms with Crippen molar-refractivity contribution in [3.63, 3.8) is 0 Å². The number of carbonyl (C=O) groups is 1. The molecular weight excluding hydrogens is 222 g/mol. The predicted molar refractivity (Wildman–Crippen MR) is 61.6 cm³/mol. The van der Waals surface area contributed by atoms with Crippen molar-refractivity contribution in [2.75, 3.05) is 0 Å². The molecule has 0 aromatic carbocycles. The Morgan fingerprint density at radius 1 is 1.41 bits per heavy atom. The number of nitrogens with zero attached hydrogens (tertiary/aromatic N) is 1. The minimum atomic E-state index is -0.528. The van der Waals surface area contributed by atoms with Gasteiger partial charge in [0.25, 0.3) is 5.56 Å². The lowest BCUT2D eigenvalue weighted by atomic mass is 10.2. The molecule has 17 heavy (non-hydrogen) atoms. The fraction of sp³-hybridized carbons (Fsp3) is 0.636. The molecule has 0 aliphatic carbocycles. The van der Waals surface area contributed by atoms with E-state index in [2.05, 4.69) is 10.2 Å². The van der Waals surface area contributed by atoms with Crippen LogP contribution in [0.5, 0.6) is 0 Å². The fourth-order valence-electron chi connectivity index (χ4n) is 1.98. The summed E-state index contributed by atoms with van der Waals surface area (Å²) in [4.78, 5) is 25.0. The number of rotatable bonds is 0. The second kappa shape index (κ2) is 3.65. The van der Waals surface area contributed by atoms with E-state index >= 15 is 0 Å². The molecule has 0 bridgehead atoms. The summed E-state index contributed by atoms with van der Waals surface area (Å²) < 4.78 is 5.29. The maximum absolute atomic E-state index is 11.9. The molecule has 1 aliphatic heterocycles. The second-order valence-electron chi connectivity index (χ2n) is 5.26. The second-order valence-corrected chi connectivity index (χ2v) is 5.26. The Hall–Kier alpha value is -1.72. The van der Waals surface area contributed by atoms with Crippen LogP contribution in [-0.4, -0.2) is 26.8 Å². The predicted octanol–water partition coefficient (Wildman–Crippen LogP) is 1.51. The Labute approximate surface area is 98.9 Å². The van der Waals surface area contributed by atoms with Gasteiger partial charge in [-0.2, -0.15) is 0 Å². The van der Waals surface area contributed by atoms with Crippen LogP contribution < -0.4 is 5.56 Å². The zero-order valence-electron chi connectivity index (χ0n) is 10.5. The van der Waals surface area contributed by atoms with E-state index in [1.165, 1.54) is 0 Å². The molecule has 0 radical (unpaired) electrons. The first-order valence-electron chi connectivity index (χ1n) is 5.58. The van der Waals surface area contributed by atoms with Crippen LogP contribution in [0, 0.1) is 0 Å². The lowest BCUT2D eigenvalue weighted by Gasteiger charge is -2.26. The Kier molecular flexibility index (Phi) is 2.52. The van der Waals surface area contributed by atoms with Crippen molar-refractivity contribution in [1.29, 1.82) is 0 Å². The smallest absolute Gasteiger partial charge is 0.411 e. The van der Waals surface area contributed by atoms with Gasteiger partial charge in [0, 0.05) is 0 Å². The summed E-state index contributed by atoms with van der Waals surface area (Å²) in [6.45, 7) is 7.65. The van der Waals surface area contributed by atoms with Crippen LogP contribution >= 0.6 is 0 Å². The fourth-order valence-corrected chi connectivity index (χ4v) is 1.98. The van der Waals surface area contributed by atoms with Gasteiger partial charge < -0.3 is 9.84 Å². The van der Waals surface area contributed by atoms with E-state index < -0.39 is 11.7 Å². The maximum atomic E-state index is 11.9. The summed E-state index contributed by atoms with van der Waals surface area (Å²) in [5.41, 5.74) is 0.683. The largest absolute Gasteiger partial charge is 0.444 e. The van der Waals surface area contributed by atoms with Crippen molar-refractivity contribution in [3.8, 4) is 0 Å². The number of ether oxygens (including phenoxy) is 1. The van der Waals surface area contributed by atoms with E-state index in [-0.39, 0.29) is 11.6 Å². The first-order chi connectivity index (χ1) is 7.79. The van der Waals surface area contributed by atoms with Gasteiger partial charge in [0.15, 0.2) is 0 Å². The van der Waals surface area contributed by atoms with Gasteiger partial charge in [-0.15, -0.1) is 0 Å². The highest BCUT2D eigenvalue weighted by molar-refractivity contribution is 5.69. The summed E-state index contributed by atoms with van der Waals surface area (Å²) in [6.07, 6.45) is -0.394. The van der Waals surface area contributed by atoms with E-state index in [4.69, 9.17) is 4.74 Å². The molecule has 1 amide bonds. The number of nitrogens with one attached hydrogen (secondary N) is 2. The summed E-state index contributed by atoms with van der Waals surface area (Å²) in [6, 6.07) is -0.255. The molecule has 0 fully saturated rings. The van der Waals surface area contributed by atoms with Crippen molar-refractivity contribution in [2.24, 2.45) is 0 Å². The third-order valence-corrected chi connectivity index (χ3v) is 2.74. The van der Waals surface area contributed by atoms with Crippen molar-refractivity contribution < 1.29 is 9.53 Å². The summed E-state index contributed by atoms with van der Waals surface area (Å²) in [7, 11) is 0. The third kappa shape index (κ3) is 2.07. The quantitative estimate of drug-likeness (QED) is 0.720. The normalized spacial score (nSPS) is 19.3. The Morgan fingerprint density at radius 3 is 2.59 bits per heavy atom. The van der Waals surface area contributed by atoms with Gasteiger partial charge in [-0.1, -0.05) is 0 Å². The highest BCUT2D eigenvalue weighted by Gasteiger charge is 2.36. The Bertz CT molecular complexity index is 495. The maximum Gasteiger partial charge on any atom is 0.411 e. The zero-order valence-corrected chi connectivity index (χ0v) is 10.5. The summed E-state index contributed by atoms with van der Waals surface area (Å²) in [5, 5.41) is 5.29. The molecule has 2 heterocycles. The van der Waals surface area contributed by atoms with Gasteiger partial charge in [0.1, 0.15) is 5.60 Å². The molecule has 94 valence electrons. The van der Waals surface area contributed by atoms with Gasteiger partial charge in [-0.25, -0.2) is 4.79 Å². The standard InChI is InChI=1S/C11H17N3O3/c1-6-8-7(12-13-9(8)15)5-14(6)10(16)17-11(2,3)4/h6H,5H2,1-4H3,(H2,12,13,15). The van der Waals surface area contributed by atoms with Crippen LogP contribution in [0.4, 0.5) is 4.79 Å². The Balaban J connectivity index is 2.18. The van der Waals surface area contributed by atoms with Crippen LogP contribution in [-0.2, 0) is 11.3 Å². The van der Waals surface area contributed by atoms with Crippen LogP contribution in [0.3, 0.4) is 0 Å². The molecule has 2 rings (SSSR count). The number of carbonyl (C=O) groups excluding carboxylic acids is 1. The molecule has 6 nitrogen and oxygen atoms in total. The van der Waals surface area contributed by atoms with Crippen LogP contribution in [0.25, 0.3) is 0 Å². The van der Waals surface area contributed by atoms with Gasteiger partial charge in [0.05, 0.1) is 23.8 Å². The molecule has 0 spiro atoms. The number of hydrogen-bond acceptors (Lipinski definition) is 3. The first kappa shape index (κ1) is 11.8. The zero-order chi connectivity index (χ0) is 12.8. The highest BCUT2D eigenvalue weighted by Crippen LogP contribution is 2.30. The monoisotopic (exact) mass is 239 g/mol. The molecule has 1 aromatic heterocycles. The van der Waals surface area contributed by atoms with Crippen LogP contribution in [0.1, 0.15) is 45.0 Å². The van der Waals surface area contributed by atoms with E-state index in [1.54, 1.807) is 4.90 Å². The van der Waals surface area contributed by atoms with Crippen molar-refractivity contribution in [2.45, 2.75) is 45.9 Å². The molecule has 0 saturated carbocycles. The first-order valence-corrected chi connectivity index (χ1v) is 5.58. The molecule has 6 heteroatoms. The van der Waals surface area contributed by atoms with Crippen LogP contribution in [0.15, 0.2) is 4.79 Å². The summed E-state index contributed by atoms with van der Waals surface area (Å²) >= 11 is 0. The minimum absolute atomic E-state index is 0.168. The van der Waals surface area contributed by atoms with Gasteiger partial charge in [0.2, 0.25) is 0 Å². The van der Waals surface area contributed by atoms with E-state index in [0.717, 1.165) is 5.69 Å². The van der Waals surface area contributed by atoms with Crippen molar-refractivity contribution >= 4 is 6.09 Å². The third-order valence-electron chi connectivity index (χ3n) is 2.74. The van der Waals surface area contributed by atoms with E-state index in [1.807, 2.05) is 27.7 Å². The number of amides is 1. The molecular formula is C11H17N3O3. The van der Waals surface area contributed by atoms with E-state index in [9.17, 15) is 9.59 Å². The Morgan fingerprint density at radius 2 is 2.06 bits per heavy atom. The molecule has 1 unspecified atom stereocenters.